The Morgan fingerprint density at radius 3 is 2.94 bits per heavy atom. The number of rotatable bonds is 4. The standard InChI is InChI=1S/C12H19N3O2S/c1-13-12-7-10(3-5-14-12)8-15(2)11-4-6-18(16,17)9-11/h3,5,7,11H,4,6,8-9H2,1-2H3,(H,13,14). The van der Waals surface area contributed by atoms with Crippen LogP contribution in [0.3, 0.4) is 0 Å². The topological polar surface area (TPSA) is 62.3 Å². The van der Waals surface area contributed by atoms with Gasteiger partial charge in [0.15, 0.2) is 9.84 Å². The molecule has 1 fully saturated rings. The van der Waals surface area contributed by atoms with E-state index in [1.165, 1.54) is 0 Å². The van der Waals surface area contributed by atoms with Crippen molar-refractivity contribution in [2.45, 2.75) is 19.0 Å². The second-order valence-corrected chi connectivity index (χ2v) is 7.00. The fraction of sp³-hybridized carbons (Fsp3) is 0.583. The molecule has 0 aromatic carbocycles. The van der Waals surface area contributed by atoms with Crippen LogP contribution < -0.4 is 5.32 Å². The van der Waals surface area contributed by atoms with Crippen molar-refractivity contribution in [1.82, 2.24) is 9.88 Å². The third-order valence-corrected chi connectivity index (χ3v) is 5.09. The molecule has 0 saturated carbocycles. The van der Waals surface area contributed by atoms with Crippen LogP contribution in [-0.4, -0.2) is 49.9 Å². The molecule has 1 atom stereocenters. The second-order valence-electron chi connectivity index (χ2n) is 4.77. The van der Waals surface area contributed by atoms with Gasteiger partial charge in [0.1, 0.15) is 5.82 Å². The monoisotopic (exact) mass is 269 g/mol. The van der Waals surface area contributed by atoms with Gasteiger partial charge in [-0.3, -0.25) is 4.90 Å². The van der Waals surface area contributed by atoms with E-state index in [1.54, 1.807) is 6.20 Å². The van der Waals surface area contributed by atoms with Gasteiger partial charge in [0, 0.05) is 25.8 Å². The van der Waals surface area contributed by atoms with Gasteiger partial charge in [-0.1, -0.05) is 0 Å². The highest BCUT2D eigenvalue weighted by Gasteiger charge is 2.30. The minimum Gasteiger partial charge on any atom is -0.373 e. The first-order valence-electron chi connectivity index (χ1n) is 6.03. The molecule has 100 valence electrons. The summed E-state index contributed by atoms with van der Waals surface area (Å²) >= 11 is 0. The molecule has 18 heavy (non-hydrogen) atoms. The molecule has 1 aliphatic heterocycles. The van der Waals surface area contributed by atoms with E-state index in [2.05, 4.69) is 15.2 Å². The third kappa shape index (κ3) is 3.20. The number of pyridine rings is 1. The quantitative estimate of drug-likeness (QED) is 0.873. The second kappa shape index (κ2) is 5.24. The predicted molar refractivity (Wildman–Crippen MR) is 72.3 cm³/mol. The summed E-state index contributed by atoms with van der Waals surface area (Å²) in [5, 5.41) is 3.00. The van der Waals surface area contributed by atoms with E-state index >= 15 is 0 Å². The Bertz CT molecular complexity index is 516. The van der Waals surface area contributed by atoms with Crippen LogP contribution in [-0.2, 0) is 16.4 Å². The summed E-state index contributed by atoms with van der Waals surface area (Å²) in [5.74, 6) is 1.44. The van der Waals surface area contributed by atoms with Crippen molar-refractivity contribution in [2.24, 2.45) is 0 Å². The summed E-state index contributed by atoms with van der Waals surface area (Å²) in [7, 11) is 0.998. The molecule has 1 saturated heterocycles. The lowest BCUT2D eigenvalue weighted by molar-refractivity contribution is 0.254. The van der Waals surface area contributed by atoms with E-state index in [4.69, 9.17) is 0 Å². The largest absolute Gasteiger partial charge is 0.373 e. The molecule has 1 aromatic rings. The number of nitrogens with zero attached hydrogens (tertiary/aromatic N) is 2. The smallest absolute Gasteiger partial charge is 0.151 e. The van der Waals surface area contributed by atoms with Gasteiger partial charge < -0.3 is 5.32 Å². The van der Waals surface area contributed by atoms with E-state index in [-0.39, 0.29) is 11.8 Å². The Morgan fingerprint density at radius 1 is 1.56 bits per heavy atom. The number of nitrogens with one attached hydrogen (secondary N) is 1. The predicted octanol–water partition coefficient (Wildman–Crippen LogP) is 0.742. The maximum Gasteiger partial charge on any atom is 0.151 e. The number of hydrogen-bond donors (Lipinski definition) is 1. The number of sulfone groups is 1. The highest BCUT2D eigenvalue weighted by atomic mass is 32.2. The molecule has 5 nitrogen and oxygen atoms in total. The molecule has 2 heterocycles. The molecule has 0 amide bonds. The number of aromatic nitrogens is 1. The van der Waals surface area contributed by atoms with E-state index in [0.29, 0.717) is 5.75 Å². The number of anilines is 1. The van der Waals surface area contributed by atoms with Crippen molar-refractivity contribution in [3.63, 3.8) is 0 Å². The lowest BCUT2D eigenvalue weighted by Gasteiger charge is -2.23. The zero-order chi connectivity index (χ0) is 13.2. The molecule has 0 aliphatic carbocycles. The molecule has 2 rings (SSSR count). The van der Waals surface area contributed by atoms with Crippen LogP contribution in [0.4, 0.5) is 5.82 Å². The molecular weight excluding hydrogens is 250 g/mol. The van der Waals surface area contributed by atoms with Gasteiger partial charge in [-0.25, -0.2) is 13.4 Å². The fourth-order valence-electron chi connectivity index (χ4n) is 2.25. The van der Waals surface area contributed by atoms with Crippen molar-refractivity contribution >= 4 is 15.7 Å². The molecule has 6 heteroatoms. The molecule has 0 radical (unpaired) electrons. The SMILES string of the molecule is CNc1cc(CN(C)C2CCS(=O)(=O)C2)ccn1. The van der Waals surface area contributed by atoms with E-state index in [0.717, 1.165) is 24.3 Å². The summed E-state index contributed by atoms with van der Waals surface area (Å²) in [6.45, 7) is 0.747. The zero-order valence-corrected chi connectivity index (χ0v) is 11.6. The van der Waals surface area contributed by atoms with E-state index < -0.39 is 9.84 Å². The van der Waals surface area contributed by atoms with Gasteiger partial charge in [0.25, 0.3) is 0 Å². The van der Waals surface area contributed by atoms with Gasteiger partial charge in [-0.2, -0.15) is 0 Å². The Labute approximate surface area is 108 Å². The van der Waals surface area contributed by atoms with Crippen LogP contribution in [0.25, 0.3) is 0 Å². The normalized spacial score (nSPS) is 22.3. The van der Waals surface area contributed by atoms with Gasteiger partial charge in [-0.05, 0) is 31.2 Å². The first-order valence-corrected chi connectivity index (χ1v) is 7.85. The van der Waals surface area contributed by atoms with E-state index in [1.807, 2.05) is 26.2 Å². The molecule has 0 spiro atoms. The summed E-state index contributed by atoms with van der Waals surface area (Å²) in [4.78, 5) is 6.27. The lowest BCUT2D eigenvalue weighted by Crippen LogP contribution is -2.32. The maximum atomic E-state index is 11.5. The lowest BCUT2D eigenvalue weighted by atomic mass is 10.2. The van der Waals surface area contributed by atoms with Crippen LogP contribution in [0.5, 0.6) is 0 Å². The zero-order valence-electron chi connectivity index (χ0n) is 10.8. The average Bonchev–Trinajstić information content (AvgIpc) is 2.70. The van der Waals surface area contributed by atoms with Crippen LogP contribution in [0.15, 0.2) is 18.3 Å². The van der Waals surface area contributed by atoms with Gasteiger partial charge >= 0.3 is 0 Å². The first-order chi connectivity index (χ1) is 8.50. The summed E-state index contributed by atoms with van der Waals surface area (Å²) in [6.07, 6.45) is 2.50. The summed E-state index contributed by atoms with van der Waals surface area (Å²) in [6, 6.07) is 4.09. The summed E-state index contributed by atoms with van der Waals surface area (Å²) < 4.78 is 22.9. The van der Waals surface area contributed by atoms with Crippen LogP contribution in [0.1, 0.15) is 12.0 Å². The van der Waals surface area contributed by atoms with Gasteiger partial charge in [0.05, 0.1) is 11.5 Å². The molecule has 1 aliphatic rings. The average molecular weight is 269 g/mol. The number of hydrogen-bond acceptors (Lipinski definition) is 5. The van der Waals surface area contributed by atoms with Crippen molar-refractivity contribution in [3.8, 4) is 0 Å². The fourth-order valence-corrected chi connectivity index (χ4v) is 4.05. The Kier molecular flexibility index (Phi) is 3.87. The highest BCUT2D eigenvalue weighted by Crippen LogP contribution is 2.18. The van der Waals surface area contributed by atoms with Crippen molar-refractivity contribution < 1.29 is 8.42 Å². The summed E-state index contributed by atoms with van der Waals surface area (Å²) in [5.41, 5.74) is 1.14. The minimum atomic E-state index is -2.81. The van der Waals surface area contributed by atoms with E-state index in [9.17, 15) is 8.42 Å². The van der Waals surface area contributed by atoms with Gasteiger partial charge in [0.2, 0.25) is 0 Å². The van der Waals surface area contributed by atoms with Crippen molar-refractivity contribution in [3.05, 3.63) is 23.9 Å². The Hall–Kier alpha value is -1.14. The molecule has 0 bridgehead atoms. The molecule has 1 aromatic heterocycles. The first kappa shape index (κ1) is 13.3. The van der Waals surface area contributed by atoms with Gasteiger partial charge in [-0.15, -0.1) is 0 Å². The molecular formula is C12H19N3O2S. The van der Waals surface area contributed by atoms with Crippen LogP contribution >= 0.6 is 0 Å². The maximum absolute atomic E-state index is 11.5. The minimum absolute atomic E-state index is 0.140. The Morgan fingerprint density at radius 2 is 2.33 bits per heavy atom. The Balaban J connectivity index is 2.01. The van der Waals surface area contributed by atoms with Crippen molar-refractivity contribution in [2.75, 3.05) is 30.9 Å². The highest BCUT2D eigenvalue weighted by molar-refractivity contribution is 7.91. The molecule has 1 N–H and O–H groups in total. The molecule has 1 unspecified atom stereocenters. The van der Waals surface area contributed by atoms with Crippen LogP contribution in [0, 0.1) is 0 Å². The third-order valence-electron chi connectivity index (χ3n) is 3.34. The van der Waals surface area contributed by atoms with Crippen molar-refractivity contribution in [1.29, 1.82) is 0 Å². The van der Waals surface area contributed by atoms with Crippen LogP contribution in [0.2, 0.25) is 0 Å².